The molecule has 1 aliphatic rings. The maximum Gasteiger partial charge on any atom is 0.227 e. The number of ether oxygens (including phenoxy) is 1. The van der Waals surface area contributed by atoms with Crippen molar-refractivity contribution in [2.45, 2.75) is 33.3 Å². The van der Waals surface area contributed by atoms with Gasteiger partial charge in [-0.1, -0.05) is 0 Å². The molecular formula is C17H22N4O2. The summed E-state index contributed by atoms with van der Waals surface area (Å²) in [4.78, 5) is 18.7. The van der Waals surface area contributed by atoms with Crippen molar-refractivity contribution in [1.29, 1.82) is 0 Å². The van der Waals surface area contributed by atoms with E-state index in [1.165, 1.54) is 0 Å². The number of aromatic amines is 1. The Labute approximate surface area is 135 Å². The molecule has 0 radical (unpaired) electrons. The molecule has 1 saturated heterocycles. The van der Waals surface area contributed by atoms with E-state index in [1.807, 2.05) is 37.8 Å². The highest BCUT2D eigenvalue weighted by atomic mass is 16.5. The van der Waals surface area contributed by atoms with Crippen molar-refractivity contribution >= 4 is 5.91 Å². The minimum atomic E-state index is -0.0825. The van der Waals surface area contributed by atoms with Crippen LogP contribution >= 0.6 is 0 Å². The molecule has 2 aromatic rings. The summed E-state index contributed by atoms with van der Waals surface area (Å²) in [6, 6.07) is 3.97. The predicted octanol–water partition coefficient (Wildman–Crippen LogP) is 1.87. The maximum atomic E-state index is 12.6. The van der Waals surface area contributed by atoms with Gasteiger partial charge in [-0.3, -0.25) is 14.9 Å². The molecule has 122 valence electrons. The molecule has 6 heteroatoms. The zero-order valence-corrected chi connectivity index (χ0v) is 13.8. The third kappa shape index (κ3) is 3.42. The van der Waals surface area contributed by atoms with Crippen molar-refractivity contribution in [1.82, 2.24) is 20.1 Å². The van der Waals surface area contributed by atoms with Gasteiger partial charge in [0.15, 0.2) is 0 Å². The van der Waals surface area contributed by atoms with Crippen LogP contribution in [0.25, 0.3) is 0 Å². The highest BCUT2D eigenvalue weighted by Crippen LogP contribution is 2.23. The summed E-state index contributed by atoms with van der Waals surface area (Å²) in [6.45, 7) is 7.60. The quantitative estimate of drug-likeness (QED) is 0.939. The number of nitrogens with one attached hydrogen (secondary N) is 1. The molecule has 0 bridgehead atoms. The first-order chi connectivity index (χ1) is 11.0. The topological polar surface area (TPSA) is 71.1 Å². The smallest absolute Gasteiger partial charge is 0.227 e. The molecule has 1 fully saturated rings. The predicted molar refractivity (Wildman–Crippen MR) is 86.0 cm³/mol. The normalized spacial score (nSPS) is 18.2. The van der Waals surface area contributed by atoms with Gasteiger partial charge in [0.2, 0.25) is 5.91 Å². The number of rotatable bonds is 3. The SMILES string of the molecule is Cc1cc([C@@H]2CN(C(=O)Cc3c(C)n[nH]c3C)CCO2)ccn1. The Morgan fingerprint density at radius 1 is 1.43 bits per heavy atom. The summed E-state index contributed by atoms with van der Waals surface area (Å²) < 4.78 is 5.84. The van der Waals surface area contributed by atoms with Gasteiger partial charge < -0.3 is 9.64 Å². The standard InChI is InChI=1S/C17H22N4O2/c1-11-8-14(4-5-18-11)16-10-21(6-7-23-16)17(22)9-15-12(2)19-20-13(15)3/h4-5,8,16H,6-7,9-10H2,1-3H3,(H,19,20)/t16-/m0/s1. The molecule has 0 aromatic carbocycles. The van der Waals surface area contributed by atoms with E-state index >= 15 is 0 Å². The summed E-state index contributed by atoms with van der Waals surface area (Å²) in [5, 5.41) is 7.09. The molecule has 0 unspecified atom stereocenters. The molecule has 0 saturated carbocycles. The number of aromatic nitrogens is 3. The highest BCUT2D eigenvalue weighted by Gasteiger charge is 2.26. The number of nitrogens with zero attached hydrogens (tertiary/aromatic N) is 3. The Morgan fingerprint density at radius 3 is 2.96 bits per heavy atom. The van der Waals surface area contributed by atoms with E-state index in [4.69, 9.17) is 4.74 Å². The summed E-state index contributed by atoms with van der Waals surface area (Å²) in [5.41, 5.74) is 4.89. The van der Waals surface area contributed by atoms with E-state index in [-0.39, 0.29) is 12.0 Å². The number of hydrogen-bond donors (Lipinski definition) is 1. The van der Waals surface area contributed by atoms with Crippen molar-refractivity contribution < 1.29 is 9.53 Å². The lowest BCUT2D eigenvalue weighted by atomic mass is 10.1. The molecule has 0 spiro atoms. The van der Waals surface area contributed by atoms with Crippen LogP contribution in [0.15, 0.2) is 18.3 Å². The molecule has 6 nitrogen and oxygen atoms in total. The molecule has 3 rings (SSSR count). The van der Waals surface area contributed by atoms with Crippen LogP contribution in [0.3, 0.4) is 0 Å². The van der Waals surface area contributed by atoms with Gasteiger partial charge in [-0.2, -0.15) is 5.10 Å². The van der Waals surface area contributed by atoms with E-state index in [0.717, 1.165) is 28.2 Å². The van der Waals surface area contributed by atoms with Crippen LogP contribution in [0.1, 0.15) is 34.3 Å². The maximum absolute atomic E-state index is 12.6. The Balaban J connectivity index is 1.70. The van der Waals surface area contributed by atoms with E-state index in [2.05, 4.69) is 15.2 Å². The summed E-state index contributed by atoms with van der Waals surface area (Å²) >= 11 is 0. The second-order valence-electron chi connectivity index (χ2n) is 6.02. The van der Waals surface area contributed by atoms with Crippen LogP contribution in [-0.2, 0) is 16.0 Å². The van der Waals surface area contributed by atoms with Gasteiger partial charge in [0.1, 0.15) is 6.10 Å². The van der Waals surface area contributed by atoms with E-state index in [9.17, 15) is 4.79 Å². The third-order valence-corrected chi connectivity index (χ3v) is 4.32. The van der Waals surface area contributed by atoms with Gasteiger partial charge >= 0.3 is 0 Å². The highest BCUT2D eigenvalue weighted by molar-refractivity contribution is 5.79. The minimum Gasteiger partial charge on any atom is -0.370 e. The molecular weight excluding hydrogens is 292 g/mol. The first-order valence-corrected chi connectivity index (χ1v) is 7.87. The van der Waals surface area contributed by atoms with E-state index in [1.54, 1.807) is 6.20 Å². The van der Waals surface area contributed by atoms with E-state index < -0.39 is 0 Å². The van der Waals surface area contributed by atoms with E-state index in [0.29, 0.717) is 26.1 Å². The van der Waals surface area contributed by atoms with Crippen molar-refractivity contribution in [2.75, 3.05) is 19.7 Å². The van der Waals surface area contributed by atoms with Gasteiger partial charge in [0, 0.05) is 29.7 Å². The molecule has 1 aliphatic heterocycles. The largest absolute Gasteiger partial charge is 0.370 e. The first kappa shape index (κ1) is 15.7. The number of H-pyrrole nitrogens is 1. The van der Waals surface area contributed by atoms with Crippen LogP contribution in [-0.4, -0.2) is 45.7 Å². The average molecular weight is 314 g/mol. The lowest BCUT2D eigenvalue weighted by Crippen LogP contribution is -2.43. The van der Waals surface area contributed by atoms with Crippen LogP contribution in [0.4, 0.5) is 0 Å². The molecule has 2 aromatic heterocycles. The van der Waals surface area contributed by atoms with Gasteiger partial charge in [0.05, 0.1) is 25.3 Å². The number of amides is 1. The van der Waals surface area contributed by atoms with Gasteiger partial charge in [-0.25, -0.2) is 0 Å². The van der Waals surface area contributed by atoms with Gasteiger partial charge in [-0.15, -0.1) is 0 Å². The Bertz CT molecular complexity index is 691. The van der Waals surface area contributed by atoms with Crippen LogP contribution in [0, 0.1) is 20.8 Å². The fourth-order valence-electron chi connectivity index (χ4n) is 2.94. The Morgan fingerprint density at radius 2 is 2.26 bits per heavy atom. The van der Waals surface area contributed by atoms with Gasteiger partial charge in [0.25, 0.3) is 0 Å². The van der Waals surface area contributed by atoms with Crippen LogP contribution < -0.4 is 0 Å². The van der Waals surface area contributed by atoms with Crippen molar-refractivity contribution in [3.63, 3.8) is 0 Å². The lowest BCUT2D eigenvalue weighted by Gasteiger charge is -2.33. The number of carbonyl (C=O) groups excluding carboxylic acids is 1. The Hall–Kier alpha value is -2.21. The average Bonchev–Trinajstić information content (AvgIpc) is 2.87. The summed E-state index contributed by atoms with van der Waals surface area (Å²) in [7, 11) is 0. The third-order valence-electron chi connectivity index (χ3n) is 4.32. The van der Waals surface area contributed by atoms with Crippen molar-refractivity contribution in [3.05, 3.63) is 46.5 Å². The molecule has 1 N–H and O–H groups in total. The fourth-order valence-corrected chi connectivity index (χ4v) is 2.94. The van der Waals surface area contributed by atoms with Gasteiger partial charge in [-0.05, 0) is 38.5 Å². The van der Waals surface area contributed by atoms with Crippen LogP contribution in [0.5, 0.6) is 0 Å². The number of carbonyl (C=O) groups is 1. The molecule has 1 amide bonds. The number of hydrogen-bond acceptors (Lipinski definition) is 4. The summed E-state index contributed by atoms with van der Waals surface area (Å²) in [5.74, 6) is 0.122. The zero-order chi connectivity index (χ0) is 16.4. The molecule has 0 aliphatic carbocycles. The van der Waals surface area contributed by atoms with Crippen molar-refractivity contribution in [3.8, 4) is 0 Å². The molecule has 3 heterocycles. The molecule has 23 heavy (non-hydrogen) atoms. The number of morpholine rings is 1. The fraction of sp³-hybridized carbons (Fsp3) is 0.471. The van der Waals surface area contributed by atoms with Crippen LogP contribution in [0.2, 0.25) is 0 Å². The minimum absolute atomic E-state index is 0.0825. The number of aryl methyl sites for hydroxylation is 3. The number of pyridine rings is 1. The second-order valence-corrected chi connectivity index (χ2v) is 6.02. The lowest BCUT2D eigenvalue weighted by molar-refractivity contribution is -0.138. The first-order valence-electron chi connectivity index (χ1n) is 7.87. The summed E-state index contributed by atoms with van der Waals surface area (Å²) in [6.07, 6.45) is 2.09. The zero-order valence-electron chi connectivity index (χ0n) is 13.8. The Kier molecular flexibility index (Phi) is 4.43. The molecule has 1 atom stereocenters. The van der Waals surface area contributed by atoms with Crippen molar-refractivity contribution in [2.24, 2.45) is 0 Å². The second kappa shape index (κ2) is 6.50. The monoisotopic (exact) mass is 314 g/mol.